The first-order valence-electron chi connectivity index (χ1n) is 9.22. The molecule has 8 heteroatoms. The molecule has 27 heavy (non-hydrogen) atoms. The molecule has 0 saturated carbocycles. The summed E-state index contributed by atoms with van der Waals surface area (Å²) >= 11 is 0. The molecule has 1 unspecified atom stereocenters. The Kier molecular flexibility index (Phi) is 5.23. The Morgan fingerprint density at radius 2 is 2.00 bits per heavy atom. The van der Waals surface area contributed by atoms with Gasteiger partial charge in [0.2, 0.25) is 0 Å². The van der Waals surface area contributed by atoms with Crippen LogP contribution < -0.4 is 0 Å². The topological polar surface area (TPSA) is 75.6 Å². The molecule has 2 aliphatic heterocycles. The molecule has 0 bridgehead atoms. The highest BCUT2D eigenvalue weighted by Crippen LogP contribution is 2.29. The van der Waals surface area contributed by atoms with Gasteiger partial charge in [-0.1, -0.05) is 30.3 Å². The summed E-state index contributed by atoms with van der Waals surface area (Å²) in [5, 5.41) is 0. The van der Waals surface area contributed by atoms with Crippen LogP contribution in [0.1, 0.15) is 24.1 Å². The first-order chi connectivity index (χ1) is 13.1. The standard InChI is InChI=1S/C19H24N4O3S/c1-26-14-15-6-5-9-22(11-15)27(24,25)23-12-17-10-20-19(21-18(17)13-23)16-7-3-2-4-8-16/h2-4,7-8,10,15H,5-6,9,11-14H2,1H3. The van der Waals surface area contributed by atoms with Crippen molar-refractivity contribution in [3.8, 4) is 11.4 Å². The van der Waals surface area contributed by atoms with Gasteiger partial charge in [-0.15, -0.1) is 0 Å². The lowest BCUT2D eigenvalue weighted by atomic mass is 10.0. The van der Waals surface area contributed by atoms with Gasteiger partial charge in [0, 0.05) is 44.1 Å². The van der Waals surface area contributed by atoms with Crippen LogP contribution in [-0.4, -0.2) is 53.8 Å². The Bertz CT molecular complexity index is 902. The molecule has 0 amide bonds. The van der Waals surface area contributed by atoms with E-state index in [4.69, 9.17) is 4.74 Å². The van der Waals surface area contributed by atoms with Crippen LogP contribution in [0.5, 0.6) is 0 Å². The molecule has 1 aromatic carbocycles. The van der Waals surface area contributed by atoms with E-state index < -0.39 is 10.2 Å². The quantitative estimate of drug-likeness (QED) is 0.784. The summed E-state index contributed by atoms with van der Waals surface area (Å²) in [6.45, 7) is 2.31. The van der Waals surface area contributed by atoms with Crippen LogP contribution in [0, 0.1) is 5.92 Å². The average Bonchev–Trinajstić information content (AvgIpc) is 3.13. The van der Waals surface area contributed by atoms with Crippen molar-refractivity contribution in [3.63, 3.8) is 0 Å². The molecule has 4 rings (SSSR count). The summed E-state index contributed by atoms with van der Waals surface area (Å²) in [5.74, 6) is 0.889. The molecule has 144 valence electrons. The zero-order valence-corrected chi connectivity index (χ0v) is 16.2. The fourth-order valence-corrected chi connectivity index (χ4v) is 5.46. The van der Waals surface area contributed by atoms with Crippen LogP contribution in [0.4, 0.5) is 0 Å². The van der Waals surface area contributed by atoms with E-state index in [-0.39, 0.29) is 5.92 Å². The third-order valence-corrected chi connectivity index (χ3v) is 7.09. The van der Waals surface area contributed by atoms with Gasteiger partial charge in [0.15, 0.2) is 5.82 Å². The lowest BCUT2D eigenvalue weighted by Gasteiger charge is -2.33. The summed E-state index contributed by atoms with van der Waals surface area (Å²) < 4.78 is 34.6. The summed E-state index contributed by atoms with van der Waals surface area (Å²) in [7, 11) is -1.85. The Morgan fingerprint density at radius 1 is 1.19 bits per heavy atom. The molecular formula is C19H24N4O3S. The number of ether oxygens (including phenoxy) is 1. The van der Waals surface area contributed by atoms with Crippen molar-refractivity contribution in [3.05, 3.63) is 47.8 Å². The second kappa shape index (κ2) is 7.63. The third-order valence-electron chi connectivity index (χ3n) is 5.20. The molecule has 0 N–H and O–H groups in total. The summed E-state index contributed by atoms with van der Waals surface area (Å²) in [4.78, 5) is 9.04. The maximum absolute atomic E-state index is 13.1. The van der Waals surface area contributed by atoms with Crippen molar-refractivity contribution in [1.29, 1.82) is 0 Å². The van der Waals surface area contributed by atoms with Gasteiger partial charge < -0.3 is 4.74 Å². The maximum Gasteiger partial charge on any atom is 0.282 e. The molecule has 1 saturated heterocycles. The molecule has 1 atom stereocenters. The minimum absolute atomic E-state index is 0.257. The van der Waals surface area contributed by atoms with Crippen LogP contribution in [0.3, 0.4) is 0 Å². The summed E-state index contributed by atoms with van der Waals surface area (Å²) in [6.07, 6.45) is 3.63. The van der Waals surface area contributed by atoms with Crippen molar-refractivity contribution in [2.45, 2.75) is 25.9 Å². The van der Waals surface area contributed by atoms with Gasteiger partial charge in [0.25, 0.3) is 10.2 Å². The monoisotopic (exact) mass is 388 g/mol. The van der Waals surface area contributed by atoms with Crippen molar-refractivity contribution in [1.82, 2.24) is 18.6 Å². The number of rotatable bonds is 5. The maximum atomic E-state index is 13.1. The zero-order valence-electron chi connectivity index (χ0n) is 15.4. The normalized spacial score (nSPS) is 21.3. The van der Waals surface area contributed by atoms with Gasteiger partial charge in [-0.2, -0.15) is 17.0 Å². The van der Waals surface area contributed by atoms with E-state index in [9.17, 15) is 8.42 Å². The Morgan fingerprint density at radius 3 is 2.78 bits per heavy atom. The molecule has 0 spiro atoms. The van der Waals surface area contributed by atoms with Gasteiger partial charge >= 0.3 is 0 Å². The molecule has 0 radical (unpaired) electrons. The van der Waals surface area contributed by atoms with Gasteiger partial charge in [0.1, 0.15) is 0 Å². The predicted molar refractivity (Wildman–Crippen MR) is 102 cm³/mol. The van der Waals surface area contributed by atoms with Crippen molar-refractivity contribution < 1.29 is 13.2 Å². The second-order valence-electron chi connectivity index (χ2n) is 7.13. The van der Waals surface area contributed by atoms with Crippen molar-refractivity contribution >= 4 is 10.2 Å². The Hall–Kier alpha value is -1.87. The summed E-state index contributed by atoms with van der Waals surface area (Å²) in [6, 6.07) is 9.73. The van der Waals surface area contributed by atoms with Crippen LogP contribution in [0.2, 0.25) is 0 Å². The minimum atomic E-state index is -3.51. The molecule has 2 aromatic rings. The highest BCUT2D eigenvalue weighted by Gasteiger charge is 2.37. The fourth-order valence-electron chi connectivity index (χ4n) is 3.78. The molecular weight excluding hydrogens is 364 g/mol. The highest BCUT2D eigenvalue weighted by molar-refractivity contribution is 7.86. The first-order valence-corrected chi connectivity index (χ1v) is 10.6. The molecule has 1 fully saturated rings. The van der Waals surface area contributed by atoms with E-state index in [2.05, 4.69) is 9.97 Å². The van der Waals surface area contributed by atoms with Crippen LogP contribution in [0.25, 0.3) is 11.4 Å². The van der Waals surface area contributed by atoms with Crippen LogP contribution in [-0.2, 0) is 28.0 Å². The fraction of sp³-hybridized carbons (Fsp3) is 0.474. The van der Waals surface area contributed by atoms with Gasteiger partial charge in [-0.05, 0) is 18.8 Å². The van der Waals surface area contributed by atoms with E-state index >= 15 is 0 Å². The van der Waals surface area contributed by atoms with Gasteiger partial charge in [-0.3, -0.25) is 0 Å². The number of hydrogen-bond donors (Lipinski definition) is 0. The van der Waals surface area contributed by atoms with Gasteiger partial charge in [0.05, 0.1) is 18.8 Å². The predicted octanol–water partition coefficient (Wildman–Crippen LogP) is 2.06. The smallest absolute Gasteiger partial charge is 0.282 e. The number of aromatic nitrogens is 2. The number of nitrogens with zero attached hydrogens (tertiary/aromatic N) is 4. The molecule has 7 nitrogen and oxygen atoms in total. The van der Waals surface area contributed by atoms with E-state index in [0.717, 1.165) is 29.7 Å². The van der Waals surface area contributed by atoms with E-state index in [0.29, 0.717) is 38.6 Å². The molecule has 3 heterocycles. The Labute approximate surface area is 160 Å². The molecule has 0 aliphatic carbocycles. The lowest BCUT2D eigenvalue weighted by Crippen LogP contribution is -2.47. The van der Waals surface area contributed by atoms with Crippen LogP contribution in [0.15, 0.2) is 36.5 Å². The first kappa shape index (κ1) is 18.5. The number of piperidine rings is 1. The third kappa shape index (κ3) is 3.75. The largest absolute Gasteiger partial charge is 0.384 e. The average molecular weight is 388 g/mol. The van der Waals surface area contributed by atoms with Crippen LogP contribution >= 0.6 is 0 Å². The van der Waals surface area contributed by atoms with Crippen molar-refractivity contribution in [2.75, 3.05) is 26.8 Å². The summed E-state index contributed by atoms with van der Waals surface area (Å²) in [5.41, 5.74) is 2.60. The van der Waals surface area contributed by atoms with E-state index in [1.807, 2.05) is 30.3 Å². The molecule has 2 aliphatic rings. The zero-order chi connectivity index (χ0) is 18.9. The van der Waals surface area contributed by atoms with E-state index in [1.54, 1.807) is 17.6 Å². The number of fused-ring (bicyclic) bond motifs is 1. The number of methoxy groups -OCH3 is 1. The highest BCUT2D eigenvalue weighted by atomic mass is 32.2. The van der Waals surface area contributed by atoms with E-state index in [1.165, 1.54) is 4.31 Å². The number of benzene rings is 1. The number of hydrogen-bond acceptors (Lipinski definition) is 5. The SMILES string of the molecule is COCC1CCCN(S(=O)(=O)N2Cc3cnc(-c4ccccc4)nc3C2)C1. The molecule has 1 aromatic heterocycles. The Balaban J connectivity index is 1.52. The minimum Gasteiger partial charge on any atom is -0.384 e. The van der Waals surface area contributed by atoms with Gasteiger partial charge in [-0.25, -0.2) is 9.97 Å². The van der Waals surface area contributed by atoms with Crippen molar-refractivity contribution in [2.24, 2.45) is 5.92 Å². The lowest BCUT2D eigenvalue weighted by molar-refractivity contribution is 0.116. The second-order valence-corrected chi connectivity index (χ2v) is 9.06.